The summed E-state index contributed by atoms with van der Waals surface area (Å²) in [5.41, 5.74) is 1.40. The van der Waals surface area contributed by atoms with Gasteiger partial charge in [-0.1, -0.05) is 75.8 Å². The third kappa shape index (κ3) is 6.68. The van der Waals surface area contributed by atoms with E-state index >= 15 is 0 Å². The second-order valence-corrected chi connectivity index (χ2v) is 7.55. The zero-order valence-corrected chi connectivity index (χ0v) is 16.6. The van der Waals surface area contributed by atoms with Gasteiger partial charge < -0.3 is 0 Å². The topological polar surface area (TPSA) is 8.81 Å². The zero-order valence-electron chi connectivity index (χ0n) is 16.6. The monoisotopic (exact) mass is 341 g/mol. The number of aryl methyl sites for hydroxylation is 1. The van der Waals surface area contributed by atoms with Gasteiger partial charge >= 0.3 is 0 Å². The maximum absolute atomic E-state index is 2.48. The van der Waals surface area contributed by atoms with Crippen molar-refractivity contribution in [3.63, 3.8) is 0 Å². The van der Waals surface area contributed by atoms with Crippen molar-refractivity contribution in [3.05, 3.63) is 54.1 Å². The number of benzene rings is 1. The summed E-state index contributed by atoms with van der Waals surface area (Å²) in [5.74, 6) is 1.43. The van der Waals surface area contributed by atoms with Crippen LogP contribution in [0, 0.1) is 0 Å². The van der Waals surface area contributed by atoms with Crippen molar-refractivity contribution in [3.8, 4) is 0 Å². The molecule has 2 nitrogen and oxygen atoms in total. The molecular weight excluding hydrogens is 304 g/mol. The predicted molar refractivity (Wildman–Crippen MR) is 107 cm³/mol. The molecule has 0 aliphatic carbocycles. The smallest absolute Gasteiger partial charge is 0.234 e. The van der Waals surface area contributed by atoms with Gasteiger partial charge in [0, 0.05) is 0 Å². The Morgan fingerprint density at radius 1 is 0.880 bits per heavy atom. The van der Waals surface area contributed by atoms with Crippen LogP contribution in [0.15, 0.2) is 42.7 Å². The second kappa shape index (κ2) is 11.1. The molecule has 25 heavy (non-hydrogen) atoms. The van der Waals surface area contributed by atoms with Gasteiger partial charge in [-0.25, -0.2) is 9.13 Å². The van der Waals surface area contributed by atoms with Crippen LogP contribution in [0.1, 0.15) is 89.6 Å². The molecule has 0 bridgehead atoms. The summed E-state index contributed by atoms with van der Waals surface area (Å²) < 4.78 is 4.90. The minimum absolute atomic E-state index is 0.513. The standard InChI is InChI=1S/C23H37N2/c1-4-5-6-7-8-9-10-14-17-24-18-19-25(21(2)3)23(24)20-22-15-12-11-13-16-22/h11-13,15-16,18-19,21H,4-10,14,17,20H2,1-3H3/q+1. The lowest BCUT2D eigenvalue weighted by Gasteiger charge is -2.08. The van der Waals surface area contributed by atoms with Gasteiger partial charge in [0.25, 0.3) is 5.82 Å². The van der Waals surface area contributed by atoms with Crippen molar-refractivity contribution in [2.24, 2.45) is 0 Å². The van der Waals surface area contributed by atoms with Crippen LogP contribution in [0.2, 0.25) is 0 Å². The molecule has 1 aromatic heterocycles. The van der Waals surface area contributed by atoms with E-state index in [0.717, 1.165) is 13.0 Å². The molecule has 0 unspecified atom stereocenters. The van der Waals surface area contributed by atoms with Crippen LogP contribution >= 0.6 is 0 Å². The van der Waals surface area contributed by atoms with Gasteiger partial charge in [-0.05, 0) is 32.3 Å². The van der Waals surface area contributed by atoms with Crippen LogP contribution in [-0.4, -0.2) is 4.57 Å². The van der Waals surface area contributed by atoms with Crippen LogP contribution in [-0.2, 0) is 13.0 Å². The number of hydrogen-bond acceptors (Lipinski definition) is 0. The second-order valence-electron chi connectivity index (χ2n) is 7.55. The van der Waals surface area contributed by atoms with E-state index < -0.39 is 0 Å². The maximum atomic E-state index is 2.48. The van der Waals surface area contributed by atoms with Gasteiger partial charge in [-0.2, -0.15) is 0 Å². The van der Waals surface area contributed by atoms with Crippen LogP contribution in [0.5, 0.6) is 0 Å². The average molecular weight is 342 g/mol. The molecule has 0 amide bonds. The molecule has 2 rings (SSSR count). The molecule has 0 saturated heterocycles. The fourth-order valence-electron chi connectivity index (χ4n) is 3.53. The number of hydrogen-bond donors (Lipinski definition) is 0. The largest absolute Gasteiger partial charge is 0.261 e. The molecule has 0 aliphatic rings. The third-order valence-corrected chi connectivity index (χ3v) is 5.05. The predicted octanol–water partition coefficient (Wildman–Crippen LogP) is 6.09. The van der Waals surface area contributed by atoms with E-state index in [-0.39, 0.29) is 0 Å². The minimum atomic E-state index is 0.513. The van der Waals surface area contributed by atoms with E-state index in [4.69, 9.17) is 0 Å². The first-order chi connectivity index (χ1) is 12.2. The molecule has 0 radical (unpaired) electrons. The molecule has 0 atom stereocenters. The molecule has 0 aliphatic heterocycles. The van der Waals surface area contributed by atoms with Crippen LogP contribution in [0.3, 0.4) is 0 Å². The van der Waals surface area contributed by atoms with Crippen molar-refractivity contribution in [2.75, 3.05) is 0 Å². The summed E-state index contributed by atoms with van der Waals surface area (Å²) in [6, 6.07) is 11.4. The summed E-state index contributed by atoms with van der Waals surface area (Å²) in [7, 11) is 0. The highest BCUT2D eigenvalue weighted by atomic mass is 15.2. The molecule has 1 heterocycles. The first-order valence-electron chi connectivity index (χ1n) is 10.4. The Bertz CT molecular complexity index is 583. The lowest BCUT2D eigenvalue weighted by molar-refractivity contribution is -0.704. The quantitative estimate of drug-likeness (QED) is 0.326. The Balaban J connectivity index is 1.85. The van der Waals surface area contributed by atoms with E-state index in [1.54, 1.807) is 0 Å². The Labute approximate surface area is 154 Å². The van der Waals surface area contributed by atoms with Gasteiger partial charge in [0.15, 0.2) is 0 Å². The van der Waals surface area contributed by atoms with Crippen molar-refractivity contribution in [1.29, 1.82) is 0 Å². The van der Waals surface area contributed by atoms with Gasteiger partial charge in [0.05, 0.1) is 19.0 Å². The summed E-state index contributed by atoms with van der Waals surface area (Å²) in [6.45, 7) is 7.98. The summed E-state index contributed by atoms with van der Waals surface area (Å²) in [4.78, 5) is 0. The van der Waals surface area contributed by atoms with Gasteiger partial charge in [0.2, 0.25) is 0 Å². The van der Waals surface area contributed by atoms with E-state index in [2.05, 4.69) is 72.6 Å². The van der Waals surface area contributed by atoms with Gasteiger partial charge in [0.1, 0.15) is 12.4 Å². The first-order valence-corrected chi connectivity index (χ1v) is 10.4. The van der Waals surface area contributed by atoms with Gasteiger partial charge in [-0.15, -0.1) is 0 Å². The van der Waals surface area contributed by atoms with Crippen molar-refractivity contribution < 1.29 is 4.57 Å². The number of aromatic nitrogens is 2. The van der Waals surface area contributed by atoms with Gasteiger partial charge in [-0.3, -0.25) is 0 Å². The van der Waals surface area contributed by atoms with E-state index in [0.29, 0.717) is 6.04 Å². The Kier molecular flexibility index (Phi) is 8.79. The third-order valence-electron chi connectivity index (χ3n) is 5.05. The molecular formula is C23H37N2+. The molecule has 2 heteroatoms. The van der Waals surface area contributed by atoms with Crippen LogP contribution < -0.4 is 4.57 Å². The first kappa shape index (κ1) is 19.8. The number of unbranched alkanes of at least 4 members (excludes halogenated alkanes) is 7. The Hall–Kier alpha value is -1.57. The molecule has 0 spiro atoms. The zero-order chi connectivity index (χ0) is 17.9. The molecule has 0 N–H and O–H groups in total. The average Bonchev–Trinajstić information content (AvgIpc) is 3.01. The maximum Gasteiger partial charge on any atom is 0.261 e. The molecule has 1 aromatic carbocycles. The van der Waals surface area contributed by atoms with Crippen LogP contribution in [0.25, 0.3) is 0 Å². The fraction of sp³-hybridized carbons (Fsp3) is 0.609. The molecule has 138 valence electrons. The molecule has 2 aromatic rings. The highest BCUT2D eigenvalue weighted by Crippen LogP contribution is 2.13. The van der Waals surface area contributed by atoms with Crippen molar-refractivity contribution in [2.45, 2.75) is 91.1 Å². The van der Waals surface area contributed by atoms with E-state index in [9.17, 15) is 0 Å². The Morgan fingerprint density at radius 3 is 2.16 bits per heavy atom. The normalized spacial score (nSPS) is 11.4. The minimum Gasteiger partial charge on any atom is -0.234 e. The lowest BCUT2D eigenvalue weighted by Crippen LogP contribution is -2.37. The highest BCUT2D eigenvalue weighted by Gasteiger charge is 2.19. The van der Waals surface area contributed by atoms with Crippen LogP contribution in [0.4, 0.5) is 0 Å². The lowest BCUT2D eigenvalue weighted by atomic mass is 10.1. The van der Waals surface area contributed by atoms with Crippen molar-refractivity contribution >= 4 is 0 Å². The summed E-state index contributed by atoms with van der Waals surface area (Å²) in [6.07, 6.45) is 16.6. The van der Waals surface area contributed by atoms with E-state index in [1.807, 2.05) is 0 Å². The number of nitrogens with zero attached hydrogens (tertiary/aromatic N) is 2. The fourth-order valence-corrected chi connectivity index (χ4v) is 3.53. The van der Waals surface area contributed by atoms with E-state index in [1.165, 1.54) is 62.8 Å². The summed E-state index contributed by atoms with van der Waals surface area (Å²) >= 11 is 0. The number of imidazole rings is 1. The Morgan fingerprint density at radius 2 is 1.52 bits per heavy atom. The van der Waals surface area contributed by atoms with Crippen molar-refractivity contribution in [1.82, 2.24) is 4.57 Å². The molecule has 0 fully saturated rings. The SMILES string of the molecule is CCCCCCCCCC[n+]1ccn(C(C)C)c1Cc1ccccc1. The molecule has 0 saturated carbocycles. The summed E-state index contributed by atoms with van der Waals surface area (Å²) in [5, 5.41) is 0. The number of rotatable bonds is 12. The highest BCUT2D eigenvalue weighted by molar-refractivity contribution is 5.18.